The number of aromatic amines is 1. The maximum atomic E-state index is 11.0. The Hall–Kier alpha value is -1.51. The van der Waals surface area contributed by atoms with Crippen LogP contribution in [0, 0.1) is 0 Å². The smallest absolute Gasteiger partial charge is 0.331 e. The summed E-state index contributed by atoms with van der Waals surface area (Å²) in [7, 11) is 0. The van der Waals surface area contributed by atoms with Crippen molar-refractivity contribution < 1.29 is 9.90 Å². The van der Waals surface area contributed by atoms with Crippen LogP contribution < -0.4 is 0 Å². The van der Waals surface area contributed by atoms with Gasteiger partial charge in [0.2, 0.25) is 0 Å². The Morgan fingerprint density at radius 3 is 2.79 bits per heavy atom. The zero-order chi connectivity index (χ0) is 9.97. The second-order valence-corrected chi connectivity index (χ2v) is 3.55. The first kappa shape index (κ1) is 9.06. The number of carboxylic acids is 1. The van der Waals surface area contributed by atoms with Crippen molar-refractivity contribution in [1.82, 2.24) is 4.98 Å². The van der Waals surface area contributed by atoms with Crippen LogP contribution in [0.15, 0.2) is 23.9 Å². The van der Waals surface area contributed by atoms with E-state index in [1.165, 1.54) is 0 Å². The van der Waals surface area contributed by atoms with Crippen molar-refractivity contribution in [2.24, 2.45) is 0 Å². The Kier molecular flexibility index (Phi) is 2.39. The van der Waals surface area contributed by atoms with Gasteiger partial charge in [-0.25, -0.2) is 4.79 Å². The van der Waals surface area contributed by atoms with Crippen LogP contribution in [0.25, 0.3) is 5.57 Å². The molecule has 1 heterocycles. The van der Waals surface area contributed by atoms with Crippen molar-refractivity contribution in [2.45, 2.75) is 25.7 Å². The Morgan fingerprint density at radius 2 is 2.14 bits per heavy atom. The summed E-state index contributed by atoms with van der Waals surface area (Å²) in [6, 6.07) is 3.83. The number of hydrogen-bond acceptors (Lipinski definition) is 1. The molecular formula is C11H13NO2. The second-order valence-electron chi connectivity index (χ2n) is 3.55. The van der Waals surface area contributed by atoms with Gasteiger partial charge in [0.05, 0.1) is 0 Å². The Labute approximate surface area is 82.5 Å². The van der Waals surface area contributed by atoms with Gasteiger partial charge in [0.15, 0.2) is 0 Å². The summed E-state index contributed by atoms with van der Waals surface area (Å²) in [6.45, 7) is 0. The predicted molar refractivity (Wildman–Crippen MR) is 53.8 cm³/mol. The van der Waals surface area contributed by atoms with E-state index in [1.54, 1.807) is 0 Å². The molecule has 0 aliphatic heterocycles. The third-order valence-corrected chi connectivity index (χ3v) is 2.65. The first-order valence-corrected chi connectivity index (χ1v) is 4.88. The number of aromatic nitrogens is 1. The quantitative estimate of drug-likeness (QED) is 0.754. The van der Waals surface area contributed by atoms with Gasteiger partial charge in [0, 0.05) is 17.5 Å². The maximum Gasteiger partial charge on any atom is 0.331 e. The number of nitrogens with one attached hydrogen (secondary N) is 1. The molecule has 1 aromatic heterocycles. The van der Waals surface area contributed by atoms with Gasteiger partial charge in [0.25, 0.3) is 0 Å². The average Bonchev–Trinajstić information content (AvgIpc) is 2.70. The van der Waals surface area contributed by atoms with E-state index in [2.05, 4.69) is 4.98 Å². The molecule has 74 valence electrons. The monoisotopic (exact) mass is 191 g/mol. The van der Waals surface area contributed by atoms with Crippen molar-refractivity contribution >= 4 is 11.5 Å². The minimum Gasteiger partial charge on any atom is -0.478 e. The van der Waals surface area contributed by atoms with E-state index in [0.717, 1.165) is 30.5 Å². The minimum atomic E-state index is -0.769. The van der Waals surface area contributed by atoms with Crippen molar-refractivity contribution in [3.05, 3.63) is 29.6 Å². The molecule has 0 spiro atoms. The third-order valence-electron chi connectivity index (χ3n) is 2.65. The highest BCUT2D eigenvalue weighted by Gasteiger charge is 2.19. The van der Waals surface area contributed by atoms with Crippen LogP contribution in [0.5, 0.6) is 0 Å². The lowest BCUT2D eigenvalue weighted by Crippen LogP contribution is -2.08. The molecule has 0 unspecified atom stereocenters. The number of H-pyrrole nitrogens is 1. The van der Waals surface area contributed by atoms with E-state index in [4.69, 9.17) is 5.11 Å². The van der Waals surface area contributed by atoms with Gasteiger partial charge in [0.1, 0.15) is 0 Å². The fraction of sp³-hybridized carbons (Fsp3) is 0.364. The molecule has 1 aromatic rings. The molecule has 3 nitrogen and oxygen atoms in total. The van der Waals surface area contributed by atoms with Gasteiger partial charge in [-0.05, 0) is 43.4 Å². The maximum absolute atomic E-state index is 11.0. The molecule has 0 saturated carbocycles. The van der Waals surface area contributed by atoms with Gasteiger partial charge >= 0.3 is 5.97 Å². The highest BCUT2D eigenvalue weighted by Crippen LogP contribution is 2.31. The van der Waals surface area contributed by atoms with Crippen LogP contribution in [0.2, 0.25) is 0 Å². The molecule has 1 aliphatic carbocycles. The van der Waals surface area contributed by atoms with Gasteiger partial charge in [-0.3, -0.25) is 0 Å². The lowest BCUT2D eigenvalue weighted by Gasteiger charge is -2.16. The molecule has 0 amide bonds. The van der Waals surface area contributed by atoms with Crippen molar-refractivity contribution in [3.63, 3.8) is 0 Å². The van der Waals surface area contributed by atoms with Crippen molar-refractivity contribution in [3.8, 4) is 0 Å². The number of carboxylic acid groups (broad SMARTS) is 1. The van der Waals surface area contributed by atoms with Gasteiger partial charge in [-0.1, -0.05) is 0 Å². The van der Waals surface area contributed by atoms with Crippen LogP contribution in [0.4, 0.5) is 0 Å². The predicted octanol–water partition coefficient (Wildman–Crippen LogP) is 2.43. The number of allylic oxidation sites excluding steroid dienone is 1. The van der Waals surface area contributed by atoms with Gasteiger partial charge in [-0.2, -0.15) is 0 Å². The molecule has 0 aromatic carbocycles. The molecular weight excluding hydrogens is 178 g/mol. The fourth-order valence-corrected chi connectivity index (χ4v) is 1.96. The van der Waals surface area contributed by atoms with Gasteiger partial charge in [-0.15, -0.1) is 0 Å². The lowest BCUT2D eigenvalue weighted by atomic mass is 9.90. The summed E-state index contributed by atoms with van der Waals surface area (Å²) in [5.41, 5.74) is 2.52. The molecule has 2 N–H and O–H groups in total. The standard InChI is InChI=1S/C11H13NO2/c13-11(14)9-5-2-1-4-8(9)10-6-3-7-12-10/h3,6-7,12H,1-2,4-5H2,(H,13,14). The Bertz CT molecular complexity index is 363. The molecule has 0 bridgehead atoms. The van der Waals surface area contributed by atoms with Gasteiger partial charge < -0.3 is 10.1 Å². The Morgan fingerprint density at radius 1 is 1.36 bits per heavy atom. The summed E-state index contributed by atoms with van der Waals surface area (Å²) in [6.07, 6.45) is 5.49. The number of carbonyl (C=O) groups is 1. The molecule has 0 saturated heterocycles. The molecule has 14 heavy (non-hydrogen) atoms. The van der Waals surface area contributed by atoms with E-state index in [-0.39, 0.29) is 0 Å². The van der Waals surface area contributed by atoms with E-state index < -0.39 is 5.97 Å². The van der Waals surface area contributed by atoms with Crippen LogP contribution in [-0.2, 0) is 4.79 Å². The van der Waals surface area contributed by atoms with E-state index in [9.17, 15) is 4.79 Å². The van der Waals surface area contributed by atoms with Crippen LogP contribution in [0.3, 0.4) is 0 Å². The lowest BCUT2D eigenvalue weighted by molar-refractivity contribution is -0.132. The minimum absolute atomic E-state index is 0.582. The molecule has 0 atom stereocenters. The van der Waals surface area contributed by atoms with E-state index in [1.807, 2.05) is 18.3 Å². The topological polar surface area (TPSA) is 53.1 Å². The normalized spacial score (nSPS) is 17.1. The first-order valence-electron chi connectivity index (χ1n) is 4.88. The van der Waals surface area contributed by atoms with Crippen molar-refractivity contribution in [1.29, 1.82) is 0 Å². The molecule has 3 heteroatoms. The molecule has 0 fully saturated rings. The zero-order valence-electron chi connectivity index (χ0n) is 7.92. The summed E-state index contributed by atoms with van der Waals surface area (Å²) in [5, 5.41) is 9.04. The zero-order valence-corrected chi connectivity index (χ0v) is 7.92. The Balaban J connectivity index is 2.42. The molecule has 1 aliphatic rings. The highest BCUT2D eigenvalue weighted by atomic mass is 16.4. The number of aliphatic carboxylic acids is 1. The average molecular weight is 191 g/mol. The second kappa shape index (κ2) is 3.70. The largest absolute Gasteiger partial charge is 0.478 e. The summed E-state index contributed by atoms with van der Waals surface area (Å²) in [4.78, 5) is 14.1. The van der Waals surface area contributed by atoms with Crippen LogP contribution in [0.1, 0.15) is 31.4 Å². The first-order chi connectivity index (χ1) is 6.79. The summed E-state index contributed by atoms with van der Waals surface area (Å²) >= 11 is 0. The van der Waals surface area contributed by atoms with Crippen LogP contribution in [-0.4, -0.2) is 16.1 Å². The highest BCUT2D eigenvalue weighted by molar-refractivity contribution is 5.96. The number of rotatable bonds is 2. The number of hydrogen-bond donors (Lipinski definition) is 2. The third kappa shape index (κ3) is 1.58. The molecule has 2 rings (SSSR count). The summed E-state index contributed by atoms with van der Waals surface area (Å²) < 4.78 is 0. The van der Waals surface area contributed by atoms with E-state index >= 15 is 0 Å². The SMILES string of the molecule is O=C(O)C1=C(c2ccc[nH]2)CCCC1. The van der Waals surface area contributed by atoms with Crippen molar-refractivity contribution in [2.75, 3.05) is 0 Å². The van der Waals surface area contributed by atoms with Crippen LogP contribution >= 0.6 is 0 Å². The van der Waals surface area contributed by atoms with E-state index in [0.29, 0.717) is 12.0 Å². The molecule has 0 radical (unpaired) electrons. The fourth-order valence-electron chi connectivity index (χ4n) is 1.96. The summed E-state index contributed by atoms with van der Waals surface area (Å²) in [5.74, 6) is -0.769.